The van der Waals surface area contributed by atoms with Gasteiger partial charge in [0.15, 0.2) is 0 Å². The predicted octanol–water partition coefficient (Wildman–Crippen LogP) is 2.89. The lowest BCUT2D eigenvalue weighted by Crippen LogP contribution is -2.43. The second-order valence-corrected chi connectivity index (χ2v) is 6.50. The standard InChI is InChI=1S/C18H28N2O/c1-14-7-9-16(10-8-14)13-20-18(21)17(19)12-11-15-5-3-2-4-6-15/h2-6,14,16-17H,7-13,19H2,1H3,(H,20,21)/t14?,16?,17-/m0/s1. The van der Waals surface area contributed by atoms with Crippen molar-refractivity contribution in [2.45, 2.75) is 51.5 Å². The number of amides is 1. The van der Waals surface area contributed by atoms with Gasteiger partial charge in [0, 0.05) is 6.54 Å². The Labute approximate surface area is 128 Å². The fourth-order valence-electron chi connectivity index (χ4n) is 3.01. The van der Waals surface area contributed by atoms with E-state index in [1.807, 2.05) is 18.2 Å². The summed E-state index contributed by atoms with van der Waals surface area (Å²) in [7, 11) is 0. The van der Waals surface area contributed by atoms with E-state index in [0.29, 0.717) is 12.3 Å². The summed E-state index contributed by atoms with van der Waals surface area (Å²) in [4.78, 5) is 12.0. The Bertz CT molecular complexity index is 424. The molecule has 0 unspecified atom stereocenters. The Balaban J connectivity index is 1.65. The van der Waals surface area contributed by atoms with Crippen LogP contribution < -0.4 is 11.1 Å². The zero-order valence-electron chi connectivity index (χ0n) is 13.1. The van der Waals surface area contributed by atoms with Gasteiger partial charge >= 0.3 is 0 Å². The summed E-state index contributed by atoms with van der Waals surface area (Å²) >= 11 is 0. The van der Waals surface area contributed by atoms with Crippen molar-refractivity contribution < 1.29 is 4.79 Å². The molecule has 1 fully saturated rings. The van der Waals surface area contributed by atoms with Gasteiger partial charge in [0.05, 0.1) is 6.04 Å². The molecule has 0 bridgehead atoms. The van der Waals surface area contributed by atoms with Crippen molar-refractivity contribution >= 4 is 5.91 Å². The van der Waals surface area contributed by atoms with Crippen LogP contribution in [0.4, 0.5) is 0 Å². The number of benzene rings is 1. The molecule has 0 aromatic heterocycles. The molecule has 1 amide bonds. The molecule has 3 nitrogen and oxygen atoms in total. The minimum Gasteiger partial charge on any atom is -0.354 e. The number of hydrogen-bond donors (Lipinski definition) is 2. The maximum absolute atomic E-state index is 12.0. The molecule has 1 aromatic carbocycles. The van der Waals surface area contributed by atoms with Crippen LogP contribution in [-0.4, -0.2) is 18.5 Å². The zero-order chi connectivity index (χ0) is 15.1. The highest BCUT2D eigenvalue weighted by Crippen LogP contribution is 2.27. The van der Waals surface area contributed by atoms with Gasteiger partial charge in [-0.25, -0.2) is 0 Å². The Morgan fingerprint density at radius 3 is 2.57 bits per heavy atom. The Hall–Kier alpha value is -1.35. The highest BCUT2D eigenvalue weighted by Gasteiger charge is 2.20. The van der Waals surface area contributed by atoms with E-state index < -0.39 is 6.04 Å². The predicted molar refractivity (Wildman–Crippen MR) is 86.9 cm³/mol. The summed E-state index contributed by atoms with van der Waals surface area (Å²) in [6.07, 6.45) is 6.62. The molecule has 0 spiro atoms. The minimum atomic E-state index is -0.396. The molecule has 1 aromatic rings. The van der Waals surface area contributed by atoms with Gasteiger partial charge in [-0.05, 0) is 43.1 Å². The lowest BCUT2D eigenvalue weighted by atomic mass is 9.83. The summed E-state index contributed by atoms with van der Waals surface area (Å²) < 4.78 is 0. The van der Waals surface area contributed by atoms with Crippen LogP contribution in [-0.2, 0) is 11.2 Å². The second-order valence-electron chi connectivity index (χ2n) is 6.50. The topological polar surface area (TPSA) is 55.1 Å². The largest absolute Gasteiger partial charge is 0.354 e. The number of nitrogens with two attached hydrogens (primary N) is 1. The number of carbonyl (C=O) groups is 1. The number of nitrogens with one attached hydrogen (secondary N) is 1. The smallest absolute Gasteiger partial charge is 0.236 e. The van der Waals surface area contributed by atoms with E-state index >= 15 is 0 Å². The first kappa shape index (κ1) is 16.0. The van der Waals surface area contributed by atoms with Crippen LogP contribution in [0, 0.1) is 11.8 Å². The van der Waals surface area contributed by atoms with Crippen LogP contribution in [0.3, 0.4) is 0 Å². The van der Waals surface area contributed by atoms with Gasteiger partial charge in [0.25, 0.3) is 0 Å². The lowest BCUT2D eigenvalue weighted by Gasteiger charge is -2.26. The van der Waals surface area contributed by atoms with Crippen molar-refractivity contribution in [2.75, 3.05) is 6.54 Å². The van der Waals surface area contributed by atoms with Gasteiger partial charge in [0.1, 0.15) is 0 Å². The van der Waals surface area contributed by atoms with E-state index in [1.165, 1.54) is 31.2 Å². The van der Waals surface area contributed by atoms with Crippen LogP contribution >= 0.6 is 0 Å². The van der Waals surface area contributed by atoms with Crippen molar-refractivity contribution in [3.63, 3.8) is 0 Å². The minimum absolute atomic E-state index is 0.00422. The fourth-order valence-corrected chi connectivity index (χ4v) is 3.01. The number of carbonyl (C=O) groups excluding carboxylic acids is 1. The van der Waals surface area contributed by atoms with Crippen molar-refractivity contribution in [1.29, 1.82) is 0 Å². The van der Waals surface area contributed by atoms with Gasteiger partial charge in [-0.1, -0.05) is 50.1 Å². The van der Waals surface area contributed by atoms with Gasteiger partial charge in [-0.2, -0.15) is 0 Å². The first-order chi connectivity index (χ1) is 10.1. The van der Waals surface area contributed by atoms with Crippen molar-refractivity contribution in [1.82, 2.24) is 5.32 Å². The van der Waals surface area contributed by atoms with Gasteiger partial charge in [0.2, 0.25) is 5.91 Å². The Morgan fingerprint density at radius 2 is 1.90 bits per heavy atom. The average molecular weight is 288 g/mol. The number of hydrogen-bond acceptors (Lipinski definition) is 2. The third kappa shape index (κ3) is 5.50. The second kappa shape index (κ2) is 8.18. The van der Waals surface area contributed by atoms with E-state index in [-0.39, 0.29) is 5.91 Å². The molecule has 1 aliphatic carbocycles. The van der Waals surface area contributed by atoms with E-state index in [0.717, 1.165) is 18.9 Å². The van der Waals surface area contributed by atoms with E-state index in [2.05, 4.69) is 24.4 Å². The normalized spacial score (nSPS) is 23.5. The van der Waals surface area contributed by atoms with Crippen LogP contribution in [0.25, 0.3) is 0 Å². The summed E-state index contributed by atoms with van der Waals surface area (Å²) in [5.74, 6) is 1.50. The molecule has 3 heteroatoms. The first-order valence-corrected chi connectivity index (χ1v) is 8.22. The summed E-state index contributed by atoms with van der Waals surface area (Å²) in [6.45, 7) is 3.11. The van der Waals surface area contributed by atoms with Crippen molar-refractivity contribution in [2.24, 2.45) is 17.6 Å². The van der Waals surface area contributed by atoms with Crippen LogP contribution in [0.2, 0.25) is 0 Å². The molecular weight excluding hydrogens is 260 g/mol. The average Bonchev–Trinajstić information content (AvgIpc) is 2.52. The quantitative estimate of drug-likeness (QED) is 0.845. The SMILES string of the molecule is CC1CCC(CNC(=O)[C@@H](N)CCc2ccccc2)CC1. The number of rotatable bonds is 6. The van der Waals surface area contributed by atoms with Gasteiger partial charge in [-0.15, -0.1) is 0 Å². The molecule has 0 heterocycles. The van der Waals surface area contributed by atoms with E-state index in [1.54, 1.807) is 0 Å². The molecule has 1 aliphatic rings. The summed E-state index contributed by atoms with van der Waals surface area (Å²) in [6, 6.07) is 9.80. The molecule has 1 saturated carbocycles. The highest BCUT2D eigenvalue weighted by atomic mass is 16.2. The molecular formula is C18H28N2O. The third-order valence-electron chi connectivity index (χ3n) is 4.62. The molecule has 3 N–H and O–H groups in total. The van der Waals surface area contributed by atoms with Crippen LogP contribution in [0.5, 0.6) is 0 Å². The molecule has 0 radical (unpaired) electrons. The third-order valence-corrected chi connectivity index (χ3v) is 4.62. The first-order valence-electron chi connectivity index (χ1n) is 8.22. The maximum Gasteiger partial charge on any atom is 0.236 e. The molecule has 0 saturated heterocycles. The summed E-state index contributed by atoms with van der Waals surface area (Å²) in [5.41, 5.74) is 7.23. The number of aryl methyl sites for hydroxylation is 1. The fraction of sp³-hybridized carbons (Fsp3) is 0.611. The summed E-state index contributed by atoms with van der Waals surface area (Å²) in [5, 5.41) is 3.04. The van der Waals surface area contributed by atoms with Gasteiger partial charge < -0.3 is 11.1 Å². The molecule has 2 rings (SSSR count). The molecule has 0 aliphatic heterocycles. The zero-order valence-corrected chi connectivity index (χ0v) is 13.1. The van der Waals surface area contributed by atoms with E-state index in [4.69, 9.17) is 5.73 Å². The monoisotopic (exact) mass is 288 g/mol. The van der Waals surface area contributed by atoms with E-state index in [9.17, 15) is 4.79 Å². The van der Waals surface area contributed by atoms with Gasteiger partial charge in [-0.3, -0.25) is 4.79 Å². The molecule has 1 atom stereocenters. The van der Waals surface area contributed by atoms with Crippen molar-refractivity contribution in [3.8, 4) is 0 Å². The maximum atomic E-state index is 12.0. The molecule has 116 valence electrons. The molecule has 21 heavy (non-hydrogen) atoms. The van der Waals surface area contributed by atoms with Crippen molar-refractivity contribution in [3.05, 3.63) is 35.9 Å². The Kier molecular flexibility index (Phi) is 6.24. The van der Waals surface area contributed by atoms with Crippen LogP contribution in [0.1, 0.15) is 44.6 Å². The highest BCUT2D eigenvalue weighted by molar-refractivity contribution is 5.81. The van der Waals surface area contributed by atoms with Crippen LogP contribution in [0.15, 0.2) is 30.3 Å². The Morgan fingerprint density at radius 1 is 1.24 bits per heavy atom. The lowest BCUT2D eigenvalue weighted by molar-refractivity contribution is -0.122.